The summed E-state index contributed by atoms with van der Waals surface area (Å²) in [5.74, 6) is -2.21. The Morgan fingerprint density at radius 1 is 1.11 bits per heavy atom. The Morgan fingerprint density at radius 3 is 1.83 bits per heavy atom. The van der Waals surface area contributed by atoms with Gasteiger partial charge < -0.3 is 20.1 Å². The molecule has 0 radical (unpaired) electrons. The highest BCUT2D eigenvalue weighted by atomic mass is 16.6. The van der Waals surface area contributed by atoms with Gasteiger partial charge in [-0.1, -0.05) is 13.8 Å². The van der Waals surface area contributed by atoms with Gasteiger partial charge in [-0.05, 0) is 26.7 Å². The van der Waals surface area contributed by atoms with Crippen molar-refractivity contribution in [1.29, 1.82) is 0 Å². The van der Waals surface area contributed by atoms with Crippen LogP contribution in [0.3, 0.4) is 0 Å². The lowest BCUT2D eigenvalue weighted by molar-refractivity contribution is -0.202. The van der Waals surface area contributed by atoms with Crippen LogP contribution >= 0.6 is 0 Å². The van der Waals surface area contributed by atoms with Crippen LogP contribution < -0.4 is 0 Å². The van der Waals surface area contributed by atoms with Crippen LogP contribution in [0.2, 0.25) is 0 Å². The summed E-state index contributed by atoms with van der Waals surface area (Å²) in [6, 6.07) is 0. The monoisotopic (exact) mass is 262 g/mol. The van der Waals surface area contributed by atoms with Crippen molar-refractivity contribution in [3.8, 4) is 0 Å². The van der Waals surface area contributed by atoms with Gasteiger partial charge in [0, 0.05) is 0 Å². The van der Waals surface area contributed by atoms with Crippen LogP contribution in [0.25, 0.3) is 0 Å². The van der Waals surface area contributed by atoms with E-state index >= 15 is 0 Å². The Labute approximate surface area is 107 Å². The van der Waals surface area contributed by atoms with Gasteiger partial charge >= 0.3 is 11.9 Å². The Morgan fingerprint density at radius 2 is 1.56 bits per heavy atom. The first-order valence-electron chi connectivity index (χ1n) is 5.90. The van der Waals surface area contributed by atoms with Gasteiger partial charge in [0.25, 0.3) is 0 Å². The third-order valence-electron chi connectivity index (χ3n) is 3.49. The van der Waals surface area contributed by atoms with Gasteiger partial charge in [0.15, 0.2) is 6.29 Å². The molecule has 0 aliphatic heterocycles. The van der Waals surface area contributed by atoms with E-state index in [1.54, 1.807) is 13.8 Å². The molecule has 0 aromatic heterocycles. The second-order valence-corrected chi connectivity index (χ2v) is 4.98. The lowest BCUT2D eigenvalue weighted by Gasteiger charge is -2.31. The van der Waals surface area contributed by atoms with Crippen LogP contribution in [0.5, 0.6) is 0 Å². The Bertz CT molecular complexity index is 306. The van der Waals surface area contributed by atoms with Crippen LogP contribution in [0.1, 0.15) is 40.5 Å². The summed E-state index contributed by atoms with van der Waals surface area (Å²) in [6.07, 6.45) is -0.857. The van der Waals surface area contributed by atoms with E-state index < -0.39 is 29.1 Å². The molecular formula is C12H22O6. The molecule has 106 valence electrons. The zero-order valence-electron chi connectivity index (χ0n) is 11.3. The first-order valence-corrected chi connectivity index (χ1v) is 5.90. The highest BCUT2D eigenvalue weighted by Crippen LogP contribution is 2.30. The number of aliphatic hydroxyl groups excluding tert-OH is 1. The minimum atomic E-state index is -1.55. The molecule has 0 aliphatic rings. The molecule has 0 heterocycles. The van der Waals surface area contributed by atoms with Gasteiger partial charge in [0.2, 0.25) is 0 Å². The maximum Gasteiger partial charge on any atom is 0.314 e. The zero-order valence-corrected chi connectivity index (χ0v) is 11.3. The van der Waals surface area contributed by atoms with E-state index in [1.807, 2.05) is 0 Å². The molecule has 0 aromatic carbocycles. The maximum absolute atomic E-state index is 11.2. The normalized spacial score (nSPS) is 14.3. The summed E-state index contributed by atoms with van der Waals surface area (Å²) in [5.41, 5.74) is -2.57. The summed E-state index contributed by atoms with van der Waals surface area (Å²) in [6.45, 7) is 5.86. The third kappa shape index (κ3) is 3.43. The molecule has 0 aromatic rings. The van der Waals surface area contributed by atoms with E-state index in [-0.39, 0.29) is 6.61 Å². The quantitative estimate of drug-likeness (QED) is 0.570. The second kappa shape index (κ2) is 6.15. The molecular weight excluding hydrogens is 240 g/mol. The van der Waals surface area contributed by atoms with E-state index in [0.29, 0.717) is 12.8 Å². The molecule has 18 heavy (non-hydrogen) atoms. The van der Waals surface area contributed by atoms with Crippen molar-refractivity contribution >= 4 is 11.9 Å². The molecule has 0 spiro atoms. The minimum absolute atomic E-state index is 0.215. The highest BCUT2D eigenvalue weighted by molar-refractivity contribution is 5.75. The van der Waals surface area contributed by atoms with E-state index in [0.717, 1.165) is 0 Å². The summed E-state index contributed by atoms with van der Waals surface area (Å²) < 4.78 is 5.07. The molecule has 6 nitrogen and oxygen atoms in total. The summed E-state index contributed by atoms with van der Waals surface area (Å²) in [4.78, 5) is 22.1. The van der Waals surface area contributed by atoms with Crippen LogP contribution in [0, 0.1) is 10.8 Å². The van der Waals surface area contributed by atoms with Crippen molar-refractivity contribution in [1.82, 2.24) is 0 Å². The fourth-order valence-corrected chi connectivity index (χ4v) is 1.37. The molecule has 0 aliphatic carbocycles. The molecule has 0 saturated heterocycles. The smallest absolute Gasteiger partial charge is 0.314 e. The number of aliphatic carboxylic acids is 2. The maximum atomic E-state index is 11.2. The zero-order chi connectivity index (χ0) is 14.6. The minimum Gasteiger partial charge on any atom is -0.481 e. The highest BCUT2D eigenvalue weighted by Gasteiger charge is 2.41. The van der Waals surface area contributed by atoms with Gasteiger partial charge in [-0.2, -0.15) is 0 Å². The average molecular weight is 262 g/mol. The number of aliphatic hydroxyl groups is 1. The van der Waals surface area contributed by atoms with Crippen molar-refractivity contribution in [2.45, 2.75) is 46.8 Å². The fraction of sp³-hybridized carbons (Fsp3) is 0.833. The van der Waals surface area contributed by atoms with Gasteiger partial charge in [-0.25, -0.2) is 0 Å². The molecule has 0 bridgehead atoms. The summed E-state index contributed by atoms with van der Waals surface area (Å²) >= 11 is 0. The molecule has 0 fully saturated rings. The van der Waals surface area contributed by atoms with Crippen LogP contribution in [0.4, 0.5) is 0 Å². The standard InChI is InChI=1S/C12H22O6/c1-5-12(6-2,9(15)16)7-18-10(17)11(3,4)8(13)14/h10,17H,5-7H2,1-4H3,(H,13,14)(H,15,16). The number of carbonyl (C=O) groups is 2. The van der Waals surface area contributed by atoms with Crippen molar-refractivity contribution < 1.29 is 29.6 Å². The van der Waals surface area contributed by atoms with Gasteiger partial charge in [-0.15, -0.1) is 0 Å². The number of carboxylic acid groups (broad SMARTS) is 2. The second-order valence-electron chi connectivity index (χ2n) is 4.98. The first kappa shape index (κ1) is 16.9. The lowest BCUT2D eigenvalue weighted by Crippen LogP contribution is -2.43. The topological polar surface area (TPSA) is 104 Å². The van der Waals surface area contributed by atoms with Gasteiger partial charge in [0.1, 0.15) is 5.41 Å². The molecule has 0 saturated carbocycles. The van der Waals surface area contributed by atoms with E-state index in [2.05, 4.69) is 0 Å². The molecule has 0 rings (SSSR count). The first-order chi connectivity index (χ1) is 8.14. The predicted molar refractivity (Wildman–Crippen MR) is 64.0 cm³/mol. The Kier molecular flexibility index (Phi) is 5.76. The molecule has 3 N–H and O–H groups in total. The average Bonchev–Trinajstić information content (AvgIpc) is 2.29. The number of hydrogen-bond acceptors (Lipinski definition) is 4. The van der Waals surface area contributed by atoms with Crippen LogP contribution in [0.15, 0.2) is 0 Å². The summed E-state index contributed by atoms with van der Waals surface area (Å²) in [5, 5.41) is 27.8. The largest absolute Gasteiger partial charge is 0.481 e. The predicted octanol–water partition coefficient (Wildman–Crippen LogP) is 1.32. The molecule has 0 amide bonds. The van der Waals surface area contributed by atoms with E-state index in [1.165, 1.54) is 13.8 Å². The third-order valence-corrected chi connectivity index (χ3v) is 3.49. The molecule has 1 atom stereocenters. The van der Waals surface area contributed by atoms with Crippen LogP contribution in [-0.2, 0) is 14.3 Å². The molecule has 6 heteroatoms. The lowest BCUT2D eigenvalue weighted by atomic mass is 9.83. The number of rotatable bonds is 8. The van der Waals surface area contributed by atoms with E-state index in [9.17, 15) is 19.8 Å². The SMILES string of the molecule is CCC(CC)(COC(O)C(C)(C)C(=O)O)C(=O)O. The fourth-order valence-electron chi connectivity index (χ4n) is 1.37. The van der Waals surface area contributed by atoms with Gasteiger partial charge in [0.05, 0.1) is 12.0 Å². The number of ether oxygens (including phenoxy) is 1. The molecule has 1 unspecified atom stereocenters. The Hall–Kier alpha value is -1.14. The Balaban J connectivity index is 4.74. The van der Waals surface area contributed by atoms with Crippen molar-refractivity contribution in [3.05, 3.63) is 0 Å². The number of carboxylic acids is 2. The van der Waals surface area contributed by atoms with Crippen molar-refractivity contribution in [2.24, 2.45) is 10.8 Å². The van der Waals surface area contributed by atoms with Crippen molar-refractivity contribution in [3.63, 3.8) is 0 Å². The summed E-state index contributed by atoms with van der Waals surface area (Å²) in [7, 11) is 0. The van der Waals surface area contributed by atoms with E-state index in [4.69, 9.17) is 9.84 Å². The van der Waals surface area contributed by atoms with Crippen molar-refractivity contribution in [2.75, 3.05) is 6.61 Å². The van der Waals surface area contributed by atoms with Gasteiger partial charge in [-0.3, -0.25) is 9.59 Å². The number of hydrogen-bond donors (Lipinski definition) is 3. The van der Waals surface area contributed by atoms with Crippen LogP contribution in [-0.4, -0.2) is 40.2 Å².